The van der Waals surface area contributed by atoms with Gasteiger partial charge in [-0.2, -0.15) is 0 Å². The summed E-state index contributed by atoms with van der Waals surface area (Å²) in [5, 5.41) is 1.92. The zero-order valence-corrected chi connectivity index (χ0v) is 15.9. The van der Waals surface area contributed by atoms with Crippen LogP contribution >= 0.6 is 0 Å². The van der Waals surface area contributed by atoms with Gasteiger partial charge in [-0.05, 0) is 35.6 Å². The normalized spacial score (nSPS) is 10.8. The molecule has 0 atom stereocenters. The van der Waals surface area contributed by atoms with Crippen LogP contribution in [-0.4, -0.2) is 0 Å². The number of aryl methyl sites for hydroxylation is 1. The highest BCUT2D eigenvalue weighted by Gasteiger charge is 2.12. The monoisotopic (exact) mass is 370 g/mol. The van der Waals surface area contributed by atoms with E-state index in [9.17, 15) is 4.48 Å². The Hall–Kier alpha value is -3.33. The molecule has 4 rings (SSSR count). The van der Waals surface area contributed by atoms with Gasteiger partial charge in [0.05, 0.1) is 5.69 Å². The van der Waals surface area contributed by atoms with E-state index in [-0.39, 0.29) is 0 Å². The second-order valence-electron chi connectivity index (χ2n) is 7.14. The highest BCUT2D eigenvalue weighted by molar-refractivity contribution is 5.97. The minimum atomic E-state index is 0.499. The van der Waals surface area contributed by atoms with Crippen molar-refractivity contribution in [1.82, 2.24) is 0 Å². The Morgan fingerprint density at radius 1 is 0.750 bits per heavy atom. The Bertz CT molecular complexity index is 1020. The highest BCUT2D eigenvalue weighted by atomic mass is 19.2. The number of fused-ring (bicyclic) bond motifs is 1. The van der Waals surface area contributed by atoms with Gasteiger partial charge in [-0.3, -0.25) is 0 Å². The zero-order valence-electron chi connectivity index (χ0n) is 15.9. The highest BCUT2D eigenvalue weighted by Crippen LogP contribution is 2.32. The number of rotatable bonds is 6. The Morgan fingerprint density at radius 3 is 1.93 bits per heavy atom. The fraction of sp³-hybridized carbons (Fsp3) is 0.120. The van der Waals surface area contributed by atoms with Crippen molar-refractivity contribution in [2.75, 3.05) is 10.4 Å². The van der Waals surface area contributed by atoms with E-state index >= 15 is 0 Å². The molecule has 2 nitrogen and oxygen atoms in total. The summed E-state index contributed by atoms with van der Waals surface area (Å²) in [4.78, 5) is 2.28. The third-order valence-corrected chi connectivity index (χ3v) is 4.99. The molecule has 4 aromatic carbocycles. The van der Waals surface area contributed by atoms with Crippen molar-refractivity contribution >= 4 is 22.1 Å². The van der Waals surface area contributed by atoms with E-state index in [1.165, 1.54) is 11.1 Å². The first-order valence-corrected chi connectivity index (χ1v) is 9.47. The molecule has 0 saturated heterocycles. The summed E-state index contributed by atoms with van der Waals surface area (Å²) in [5.74, 6) is 0. The van der Waals surface area contributed by atoms with E-state index in [2.05, 4.69) is 48.2 Å². The maximum absolute atomic E-state index is 13.6. The van der Waals surface area contributed by atoms with Crippen LogP contribution in [0.2, 0.25) is 0 Å². The van der Waals surface area contributed by atoms with Crippen LogP contribution in [0.3, 0.4) is 0 Å². The number of anilines is 2. The van der Waals surface area contributed by atoms with Gasteiger partial charge < -0.3 is 4.90 Å². The largest absolute Gasteiger partial charge is 0.363 e. The molecule has 3 heteroatoms. The van der Waals surface area contributed by atoms with Crippen molar-refractivity contribution in [1.29, 1.82) is 0 Å². The molecule has 0 amide bonds. The van der Waals surface area contributed by atoms with E-state index < -0.39 is 0 Å². The van der Waals surface area contributed by atoms with Crippen LogP contribution in [0, 0.1) is 6.92 Å². The molecule has 0 radical (unpaired) electrons. The summed E-state index contributed by atoms with van der Waals surface area (Å²) >= 11 is 0. The predicted molar refractivity (Wildman–Crippen MR) is 116 cm³/mol. The molecule has 0 bridgehead atoms. The van der Waals surface area contributed by atoms with Crippen molar-refractivity contribution in [3.05, 3.63) is 108 Å². The van der Waals surface area contributed by atoms with Crippen molar-refractivity contribution < 1.29 is 4.48 Å². The topological polar surface area (TPSA) is 15.3 Å². The van der Waals surface area contributed by atoms with Gasteiger partial charge >= 0.3 is 0 Å². The first-order chi connectivity index (χ1) is 13.7. The van der Waals surface area contributed by atoms with Crippen molar-refractivity contribution in [2.45, 2.75) is 20.0 Å². The third kappa shape index (κ3) is 3.99. The molecule has 140 valence electrons. The zero-order chi connectivity index (χ0) is 19.3. The molecular formula is C25H23FN2. The molecule has 0 saturated carbocycles. The lowest BCUT2D eigenvalue weighted by Crippen LogP contribution is -2.22. The summed E-state index contributed by atoms with van der Waals surface area (Å²) in [7, 11) is 0. The Kier molecular flexibility index (Phi) is 5.24. The third-order valence-electron chi connectivity index (χ3n) is 4.99. The van der Waals surface area contributed by atoms with Crippen LogP contribution in [-0.2, 0) is 13.1 Å². The van der Waals surface area contributed by atoms with Crippen LogP contribution in [0.25, 0.3) is 10.8 Å². The predicted octanol–water partition coefficient (Wildman–Crippen LogP) is 6.65. The molecule has 0 spiro atoms. The van der Waals surface area contributed by atoms with Gasteiger partial charge in [0.2, 0.25) is 0 Å². The van der Waals surface area contributed by atoms with Crippen LogP contribution in [0.1, 0.15) is 16.7 Å². The molecule has 0 aliphatic carbocycles. The minimum absolute atomic E-state index is 0.499. The lowest BCUT2D eigenvalue weighted by atomic mass is 10.0. The first kappa shape index (κ1) is 18.1. The standard InChI is InChI=1S/C25H23FN2/c1-19-12-13-24-22(14-19)15-23(16-25(24)27-26)28(17-20-8-4-2-5-9-20)18-21-10-6-3-7-11-21/h2-16,27H,17-18H2,1H3. The number of benzene rings is 4. The summed E-state index contributed by atoms with van der Waals surface area (Å²) < 4.78 is 13.6. The second kappa shape index (κ2) is 8.13. The fourth-order valence-corrected chi connectivity index (χ4v) is 3.58. The number of nitrogens with zero attached hydrogens (tertiary/aromatic N) is 1. The van der Waals surface area contributed by atoms with Gasteiger partial charge in [0.15, 0.2) is 0 Å². The number of hydrogen-bond donors (Lipinski definition) is 1. The van der Waals surface area contributed by atoms with E-state index in [4.69, 9.17) is 0 Å². The molecule has 0 aliphatic heterocycles. The van der Waals surface area contributed by atoms with Crippen LogP contribution < -0.4 is 10.4 Å². The SMILES string of the molecule is Cc1ccc2c(NF)cc(N(Cc3ccccc3)Cc3ccccc3)cc2c1. The average Bonchev–Trinajstić information content (AvgIpc) is 2.73. The van der Waals surface area contributed by atoms with Crippen LogP contribution in [0.15, 0.2) is 91.0 Å². The van der Waals surface area contributed by atoms with Gasteiger partial charge in [0, 0.05) is 24.2 Å². The molecule has 0 fully saturated rings. The molecule has 1 N–H and O–H groups in total. The van der Waals surface area contributed by atoms with E-state index in [0.717, 1.165) is 35.1 Å². The molecular weight excluding hydrogens is 347 g/mol. The first-order valence-electron chi connectivity index (χ1n) is 9.47. The van der Waals surface area contributed by atoms with Gasteiger partial charge in [-0.1, -0.05) is 84.4 Å². The van der Waals surface area contributed by atoms with Gasteiger partial charge in [-0.25, -0.2) is 5.54 Å². The maximum Gasteiger partial charge on any atom is 0.0754 e. The summed E-state index contributed by atoms with van der Waals surface area (Å²) in [6, 6.07) is 30.9. The molecule has 4 aromatic rings. The fourth-order valence-electron chi connectivity index (χ4n) is 3.58. The van der Waals surface area contributed by atoms with Gasteiger partial charge in [-0.15, -0.1) is 4.48 Å². The smallest absolute Gasteiger partial charge is 0.0754 e. The van der Waals surface area contributed by atoms with Gasteiger partial charge in [0.25, 0.3) is 0 Å². The summed E-state index contributed by atoms with van der Waals surface area (Å²) in [6.07, 6.45) is 0. The number of hydrogen-bond acceptors (Lipinski definition) is 2. The van der Waals surface area contributed by atoms with Gasteiger partial charge in [0.1, 0.15) is 0 Å². The average molecular weight is 370 g/mol. The van der Waals surface area contributed by atoms with E-state index in [1.54, 1.807) is 0 Å². The number of nitrogens with one attached hydrogen (secondary N) is 1. The van der Waals surface area contributed by atoms with Crippen molar-refractivity contribution in [3.8, 4) is 0 Å². The van der Waals surface area contributed by atoms with E-state index in [0.29, 0.717) is 5.69 Å². The number of halogens is 1. The molecule has 0 aliphatic rings. The molecule has 0 heterocycles. The quantitative estimate of drug-likeness (QED) is 0.382. The maximum atomic E-state index is 13.6. The summed E-state index contributed by atoms with van der Waals surface area (Å²) in [5.41, 5.74) is 6.98. The lowest BCUT2D eigenvalue weighted by Gasteiger charge is -2.26. The van der Waals surface area contributed by atoms with Crippen LogP contribution in [0.4, 0.5) is 15.9 Å². The van der Waals surface area contributed by atoms with Crippen LogP contribution in [0.5, 0.6) is 0 Å². The van der Waals surface area contributed by atoms with Crippen molar-refractivity contribution in [3.63, 3.8) is 0 Å². The van der Waals surface area contributed by atoms with E-state index in [1.807, 2.05) is 60.1 Å². The minimum Gasteiger partial charge on any atom is -0.363 e. The Morgan fingerprint density at radius 2 is 1.36 bits per heavy atom. The molecule has 0 aromatic heterocycles. The summed E-state index contributed by atoms with van der Waals surface area (Å²) in [6.45, 7) is 3.55. The molecule has 28 heavy (non-hydrogen) atoms. The van der Waals surface area contributed by atoms with Crippen molar-refractivity contribution in [2.24, 2.45) is 0 Å². The second-order valence-corrected chi connectivity index (χ2v) is 7.14. The molecule has 0 unspecified atom stereocenters. The lowest BCUT2D eigenvalue weighted by molar-refractivity contribution is 0.619. The Labute approximate surface area is 165 Å². The Balaban J connectivity index is 1.78.